The highest BCUT2D eigenvalue weighted by molar-refractivity contribution is 14.0. The van der Waals surface area contributed by atoms with E-state index in [4.69, 9.17) is 10.5 Å². The molecular weight excluding hydrogens is 429 g/mol. The van der Waals surface area contributed by atoms with Gasteiger partial charge in [0.05, 0.1) is 13.7 Å². The second kappa shape index (κ2) is 10.8. The van der Waals surface area contributed by atoms with E-state index >= 15 is 0 Å². The zero-order valence-corrected chi connectivity index (χ0v) is 17.2. The van der Waals surface area contributed by atoms with Gasteiger partial charge in [-0.05, 0) is 49.7 Å². The first kappa shape index (κ1) is 21.0. The van der Waals surface area contributed by atoms with E-state index in [2.05, 4.69) is 34.0 Å². The molecule has 7 heteroatoms. The van der Waals surface area contributed by atoms with Gasteiger partial charge in [-0.3, -0.25) is 0 Å². The quantitative estimate of drug-likeness (QED) is 0.380. The number of rotatable bonds is 7. The number of anilines is 2. The van der Waals surface area contributed by atoms with E-state index < -0.39 is 0 Å². The van der Waals surface area contributed by atoms with Crippen LogP contribution in [0.3, 0.4) is 0 Å². The molecule has 0 spiro atoms. The topological polar surface area (TPSA) is 75.8 Å². The summed E-state index contributed by atoms with van der Waals surface area (Å²) in [6, 6.07) is 11.6. The first-order chi connectivity index (χ1) is 11.7. The number of guanidine groups is 1. The Morgan fingerprint density at radius 2 is 1.84 bits per heavy atom. The molecule has 1 heterocycles. The standard InChI is InChI=1S/C18H25N5O.HI/c1-4-23(5-2)17-11-6-14(12-20-17)13-21-18(19)22-15-7-9-16(24-3)10-8-15;/h6-12H,4-5,13H2,1-3H3,(H3,19,21,22);1H. The molecule has 1 aromatic carbocycles. The Kier molecular flexibility index (Phi) is 9.04. The smallest absolute Gasteiger partial charge is 0.193 e. The van der Waals surface area contributed by atoms with Crippen molar-refractivity contribution in [2.24, 2.45) is 10.7 Å². The second-order valence-electron chi connectivity index (χ2n) is 5.25. The number of hydrogen-bond donors (Lipinski definition) is 2. The Bertz CT molecular complexity index is 654. The van der Waals surface area contributed by atoms with Gasteiger partial charge in [0, 0.05) is 25.0 Å². The van der Waals surface area contributed by atoms with Crippen molar-refractivity contribution in [1.29, 1.82) is 0 Å². The van der Waals surface area contributed by atoms with Crippen molar-refractivity contribution in [1.82, 2.24) is 4.98 Å². The van der Waals surface area contributed by atoms with Gasteiger partial charge >= 0.3 is 0 Å². The Labute approximate surface area is 166 Å². The normalized spacial score (nSPS) is 10.8. The summed E-state index contributed by atoms with van der Waals surface area (Å²) in [5.41, 5.74) is 7.81. The van der Waals surface area contributed by atoms with Crippen LogP contribution in [0, 0.1) is 0 Å². The van der Waals surface area contributed by atoms with Gasteiger partial charge < -0.3 is 20.7 Å². The van der Waals surface area contributed by atoms with Gasteiger partial charge in [0.25, 0.3) is 0 Å². The third-order valence-electron chi connectivity index (χ3n) is 3.69. The van der Waals surface area contributed by atoms with Crippen LogP contribution in [0.1, 0.15) is 19.4 Å². The first-order valence-electron chi connectivity index (χ1n) is 8.07. The predicted octanol–water partition coefficient (Wildman–Crippen LogP) is 3.48. The molecule has 0 amide bonds. The number of aliphatic imine (C=N–C) groups is 1. The molecule has 0 fully saturated rings. The van der Waals surface area contributed by atoms with E-state index in [1.54, 1.807) is 7.11 Å². The summed E-state index contributed by atoms with van der Waals surface area (Å²) in [5, 5.41) is 3.05. The van der Waals surface area contributed by atoms with Crippen LogP contribution in [0.5, 0.6) is 5.75 Å². The summed E-state index contributed by atoms with van der Waals surface area (Å²) in [7, 11) is 1.64. The Morgan fingerprint density at radius 1 is 1.16 bits per heavy atom. The number of methoxy groups -OCH3 is 1. The van der Waals surface area contributed by atoms with Crippen molar-refractivity contribution in [2.75, 3.05) is 30.4 Å². The maximum absolute atomic E-state index is 5.92. The number of aromatic nitrogens is 1. The molecule has 25 heavy (non-hydrogen) atoms. The van der Waals surface area contributed by atoms with Crippen LogP contribution in [0.2, 0.25) is 0 Å². The minimum Gasteiger partial charge on any atom is -0.497 e. The molecule has 0 aliphatic heterocycles. The third-order valence-corrected chi connectivity index (χ3v) is 3.69. The lowest BCUT2D eigenvalue weighted by atomic mass is 10.3. The second-order valence-corrected chi connectivity index (χ2v) is 5.25. The summed E-state index contributed by atoms with van der Waals surface area (Å²) >= 11 is 0. The summed E-state index contributed by atoms with van der Waals surface area (Å²) in [6.07, 6.45) is 1.85. The monoisotopic (exact) mass is 455 g/mol. The van der Waals surface area contributed by atoms with E-state index in [1.807, 2.05) is 42.6 Å². The van der Waals surface area contributed by atoms with Gasteiger partial charge in [-0.2, -0.15) is 0 Å². The van der Waals surface area contributed by atoms with E-state index in [-0.39, 0.29) is 24.0 Å². The minimum absolute atomic E-state index is 0. The van der Waals surface area contributed by atoms with Crippen molar-refractivity contribution in [3.8, 4) is 5.75 Å². The lowest BCUT2D eigenvalue weighted by molar-refractivity contribution is 0.415. The van der Waals surface area contributed by atoms with Gasteiger partial charge in [0.15, 0.2) is 5.96 Å². The first-order valence-corrected chi connectivity index (χ1v) is 8.07. The molecule has 2 aromatic rings. The average Bonchev–Trinajstić information content (AvgIpc) is 2.63. The van der Waals surface area contributed by atoms with Crippen molar-refractivity contribution in [2.45, 2.75) is 20.4 Å². The zero-order valence-electron chi connectivity index (χ0n) is 14.9. The van der Waals surface area contributed by atoms with Crippen molar-refractivity contribution < 1.29 is 4.74 Å². The van der Waals surface area contributed by atoms with Crippen LogP contribution in [0.15, 0.2) is 47.6 Å². The molecule has 3 N–H and O–H groups in total. The van der Waals surface area contributed by atoms with E-state index in [1.165, 1.54) is 0 Å². The van der Waals surface area contributed by atoms with Gasteiger partial charge in [0.1, 0.15) is 11.6 Å². The molecule has 2 rings (SSSR count). The third kappa shape index (κ3) is 6.41. The van der Waals surface area contributed by atoms with Crippen LogP contribution in [-0.4, -0.2) is 31.1 Å². The average molecular weight is 455 g/mol. The molecule has 0 aliphatic carbocycles. The molecule has 0 saturated heterocycles. The fourth-order valence-electron chi connectivity index (χ4n) is 2.28. The summed E-state index contributed by atoms with van der Waals surface area (Å²) in [4.78, 5) is 11.0. The molecule has 136 valence electrons. The number of halogens is 1. The lowest BCUT2D eigenvalue weighted by Crippen LogP contribution is -2.23. The Balaban J connectivity index is 0.00000312. The molecule has 6 nitrogen and oxygen atoms in total. The molecule has 0 saturated carbocycles. The van der Waals surface area contributed by atoms with E-state index in [9.17, 15) is 0 Å². The highest BCUT2D eigenvalue weighted by Gasteiger charge is 2.03. The van der Waals surface area contributed by atoms with Crippen molar-refractivity contribution in [3.63, 3.8) is 0 Å². The number of hydrogen-bond acceptors (Lipinski definition) is 4. The largest absolute Gasteiger partial charge is 0.497 e. The number of nitrogens with two attached hydrogens (primary N) is 1. The maximum Gasteiger partial charge on any atom is 0.193 e. The zero-order chi connectivity index (χ0) is 17.4. The SMILES string of the molecule is CCN(CC)c1ccc(CN=C(N)Nc2ccc(OC)cc2)cn1.I. The Morgan fingerprint density at radius 3 is 2.36 bits per heavy atom. The van der Waals surface area contributed by atoms with Crippen LogP contribution < -0.4 is 20.7 Å². The summed E-state index contributed by atoms with van der Waals surface area (Å²) in [5.74, 6) is 2.15. The number of nitrogens with one attached hydrogen (secondary N) is 1. The molecule has 0 radical (unpaired) electrons. The fraction of sp³-hybridized carbons (Fsp3) is 0.333. The summed E-state index contributed by atoms with van der Waals surface area (Å²) in [6.45, 7) is 6.61. The highest BCUT2D eigenvalue weighted by atomic mass is 127. The van der Waals surface area contributed by atoms with Gasteiger partial charge in [-0.15, -0.1) is 24.0 Å². The maximum atomic E-state index is 5.92. The van der Waals surface area contributed by atoms with Crippen molar-refractivity contribution in [3.05, 3.63) is 48.2 Å². The van der Waals surface area contributed by atoms with Crippen LogP contribution in [0.4, 0.5) is 11.5 Å². The van der Waals surface area contributed by atoms with Gasteiger partial charge in [-0.1, -0.05) is 6.07 Å². The summed E-state index contributed by atoms with van der Waals surface area (Å²) < 4.78 is 5.12. The molecule has 0 unspecified atom stereocenters. The van der Waals surface area contributed by atoms with E-state index in [0.717, 1.165) is 35.9 Å². The molecule has 0 bridgehead atoms. The predicted molar refractivity (Wildman–Crippen MR) is 115 cm³/mol. The van der Waals surface area contributed by atoms with Crippen LogP contribution >= 0.6 is 24.0 Å². The molecule has 0 atom stereocenters. The van der Waals surface area contributed by atoms with Crippen LogP contribution in [0.25, 0.3) is 0 Å². The number of nitrogens with zero attached hydrogens (tertiary/aromatic N) is 3. The molecule has 0 aliphatic rings. The fourth-order valence-corrected chi connectivity index (χ4v) is 2.28. The number of pyridine rings is 1. The van der Waals surface area contributed by atoms with Gasteiger partial charge in [-0.25, -0.2) is 9.98 Å². The van der Waals surface area contributed by atoms with E-state index in [0.29, 0.717) is 12.5 Å². The van der Waals surface area contributed by atoms with Crippen molar-refractivity contribution >= 4 is 41.4 Å². The van der Waals surface area contributed by atoms with Crippen LogP contribution in [-0.2, 0) is 6.54 Å². The number of ether oxygens (including phenoxy) is 1. The molecule has 1 aromatic heterocycles. The lowest BCUT2D eigenvalue weighted by Gasteiger charge is -2.19. The molecular formula is C18H26IN5O. The minimum atomic E-state index is 0. The highest BCUT2D eigenvalue weighted by Crippen LogP contribution is 2.15. The number of benzene rings is 1. The Hall–Kier alpha value is -2.03. The van der Waals surface area contributed by atoms with Gasteiger partial charge in [0.2, 0.25) is 0 Å².